The van der Waals surface area contributed by atoms with Gasteiger partial charge < -0.3 is 19.7 Å². The first-order valence-electron chi connectivity index (χ1n) is 16.5. The third-order valence-electron chi connectivity index (χ3n) is 8.84. The molecule has 2 amide bonds. The molecular formula is C38H41Cl2N3O6S. The summed E-state index contributed by atoms with van der Waals surface area (Å²) in [5.41, 5.74) is 1.48. The number of amides is 2. The lowest BCUT2D eigenvalue weighted by Crippen LogP contribution is -2.55. The molecule has 0 aromatic heterocycles. The molecular weight excluding hydrogens is 697 g/mol. The van der Waals surface area contributed by atoms with Crippen LogP contribution < -0.4 is 19.1 Å². The predicted molar refractivity (Wildman–Crippen MR) is 196 cm³/mol. The topological polar surface area (TPSA) is 105 Å². The molecule has 0 spiro atoms. The van der Waals surface area contributed by atoms with Crippen molar-refractivity contribution in [2.45, 2.75) is 62.0 Å². The molecule has 4 aromatic carbocycles. The molecule has 0 bridgehead atoms. The summed E-state index contributed by atoms with van der Waals surface area (Å²) in [4.78, 5) is 30.6. The van der Waals surface area contributed by atoms with E-state index in [0.717, 1.165) is 42.0 Å². The highest BCUT2D eigenvalue weighted by atomic mass is 35.5. The maximum Gasteiger partial charge on any atom is 0.264 e. The smallest absolute Gasteiger partial charge is 0.264 e. The minimum Gasteiger partial charge on any atom is -0.497 e. The van der Waals surface area contributed by atoms with Crippen LogP contribution in [-0.2, 0) is 32.6 Å². The van der Waals surface area contributed by atoms with E-state index in [1.807, 2.05) is 30.3 Å². The van der Waals surface area contributed by atoms with E-state index in [-0.39, 0.29) is 41.2 Å². The van der Waals surface area contributed by atoms with E-state index in [2.05, 4.69) is 5.32 Å². The molecule has 1 aliphatic rings. The molecule has 264 valence electrons. The molecule has 9 nitrogen and oxygen atoms in total. The van der Waals surface area contributed by atoms with Gasteiger partial charge in [-0.2, -0.15) is 0 Å². The highest BCUT2D eigenvalue weighted by Crippen LogP contribution is 2.36. The molecule has 12 heteroatoms. The van der Waals surface area contributed by atoms with Crippen LogP contribution in [0.5, 0.6) is 11.5 Å². The van der Waals surface area contributed by atoms with Crippen LogP contribution in [0.2, 0.25) is 10.0 Å². The first-order valence-corrected chi connectivity index (χ1v) is 18.7. The van der Waals surface area contributed by atoms with Gasteiger partial charge in [0.15, 0.2) is 0 Å². The average molecular weight is 739 g/mol. The van der Waals surface area contributed by atoms with Gasteiger partial charge in [-0.15, -0.1) is 0 Å². The maximum absolute atomic E-state index is 14.9. The van der Waals surface area contributed by atoms with E-state index in [9.17, 15) is 18.0 Å². The SMILES string of the molecule is COc1ccc(OC)c(N(CC(=O)N(Cc2ccc(Cl)cc2Cl)C(Cc2ccccc2)C(=O)NC2CCCCC2)S(=O)(=O)c2ccccc2)c1. The van der Waals surface area contributed by atoms with Gasteiger partial charge in [0, 0.05) is 35.1 Å². The largest absolute Gasteiger partial charge is 0.497 e. The Morgan fingerprint density at radius 3 is 2.18 bits per heavy atom. The van der Waals surface area contributed by atoms with Crippen LogP contribution in [0.25, 0.3) is 0 Å². The van der Waals surface area contributed by atoms with E-state index in [1.54, 1.807) is 48.5 Å². The van der Waals surface area contributed by atoms with Gasteiger partial charge in [-0.05, 0) is 60.4 Å². The summed E-state index contributed by atoms with van der Waals surface area (Å²) in [6.45, 7) is -0.743. The monoisotopic (exact) mass is 737 g/mol. The number of hydrogen-bond acceptors (Lipinski definition) is 6. The Hall–Kier alpha value is -4.25. The van der Waals surface area contributed by atoms with E-state index in [1.165, 1.54) is 37.3 Å². The Bertz CT molecular complexity index is 1870. The molecule has 4 aromatic rings. The molecule has 1 atom stereocenters. The molecule has 1 unspecified atom stereocenters. The number of halogens is 2. The van der Waals surface area contributed by atoms with Crippen LogP contribution in [0.15, 0.2) is 102 Å². The number of nitrogens with one attached hydrogen (secondary N) is 1. The van der Waals surface area contributed by atoms with Crippen molar-refractivity contribution in [2.75, 3.05) is 25.1 Å². The molecule has 50 heavy (non-hydrogen) atoms. The molecule has 5 rings (SSSR count). The minimum absolute atomic E-state index is 0.0263. The Morgan fingerprint density at radius 2 is 1.54 bits per heavy atom. The molecule has 1 fully saturated rings. The second-order valence-electron chi connectivity index (χ2n) is 12.2. The zero-order valence-corrected chi connectivity index (χ0v) is 30.4. The average Bonchev–Trinajstić information content (AvgIpc) is 3.13. The molecule has 1 saturated carbocycles. The predicted octanol–water partition coefficient (Wildman–Crippen LogP) is 7.29. The number of methoxy groups -OCH3 is 2. The summed E-state index contributed by atoms with van der Waals surface area (Å²) in [6.07, 6.45) is 5.00. The Labute approximate surface area is 304 Å². The van der Waals surface area contributed by atoms with Crippen molar-refractivity contribution in [1.82, 2.24) is 10.2 Å². The highest BCUT2D eigenvalue weighted by molar-refractivity contribution is 7.92. The second kappa shape index (κ2) is 17.1. The number of ether oxygens (including phenoxy) is 2. The van der Waals surface area contributed by atoms with E-state index >= 15 is 0 Å². The van der Waals surface area contributed by atoms with Gasteiger partial charge >= 0.3 is 0 Å². The van der Waals surface area contributed by atoms with E-state index < -0.39 is 28.5 Å². The number of carbonyl (C=O) groups is 2. The summed E-state index contributed by atoms with van der Waals surface area (Å²) >= 11 is 12.9. The van der Waals surface area contributed by atoms with Gasteiger partial charge in [-0.3, -0.25) is 13.9 Å². The van der Waals surface area contributed by atoms with Gasteiger partial charge in [0.05, 0.1) is 24.8 Å². The lowest BCUT2D eigenvalue weighted by Gasteiger charge is -2.35. The molecule has 0 heterocycles. The standard InChI is InChI=1S/C38H41Cl2N3O6S/c1-48-31-20-21-36(49-2)34(24-31)43(50(46,47)32-16-10-5-11-17-32)26-37(44)42(25-28-18-19-29(39)23-33(28)40)35(22-27-12-6-3-7-13-27)38(45)41-30-14-8-4-9-15-30/h3,5-7,10-13,16-21,23-24,30,35H,4,8-9,14-15,22,25-26H2,1-2H3,(H,41,45). The lowest BCUT2D eigenvalue weighted by atomic mass is 9.94. The van der Waals surface area contributed by atoms with Crippen molar-refractivity contribution in [2.24, 2.45) is 0 Å². The van der Waals surface area contributed by atoms with Crippen molar-refractivity contribution in [3.05, 3.63) is 118 Å². The van der Waals surface area contributed by atoms with Gasteiger partial charge in [-0.25, -0.2) is 8.42 Å². The van der Waals surface area contributed by atoms with Crippen molar-refractivity contribution < 1.29 is 27.5 Å². The minimum atomic E-state index is -4.35. The number of benzene rings is 4. The lowest BCUT2D eigenvalue weighted by molar-refractivity contribution is -0.140. The third-order valence-corrected chi connectivity index (χ3v) is 11.2. The number of carbonyl (C=O) groups excluding carboxylic acids is 2. The zero-order chi connectivity index (χ0) is 35.7. The molecule has 1 aliphatic carbocycles. The van der Waals surface area contributed by atoms with Crippen LogP contribution in [0.3, 0.4) is 0 Å². The van der Waals surface area contributed by atoms with Gasteiger partial charge in [0.1, 0.15) is 24.1 Å². The normalized spacial score (nSPS) is 14.0. The van der Waals surface area contributed by atoms with Crippen LogP contribution in [0.4, 0.5) is 5.69 Å². The fraction of sp³-hybridized carbons (Fsp3) is 0.316. The van der Waals surface area contributed by atoms with Crippen molar-refractivity contribution in [3.8, 4) is 11.5 Å². The van der Waals surface area contributed by atoms with Gasteiger partial charge in [0.25, 0.3) is 10.0 Å². The first-order chi connectivity index (χ1) is 24.1. The number of anilines is 1. The van der Waals surface area contributed by atoms with E-state index in [4.69, 9.17) is 32.7 Å². The first kappa shape index (κ1) is 37.0. The molecule has 0 saturated heterocycles. The Balaban J connectivity index is 1.62. The summed E-state index contributed by atoms with van der Waals surface area (Å²) in [5.74, 6) is -0.378. The van der Waals surface area contributed by atoms with Crippen molar-refractivity contribution in [3.63, 3.8) is 0 Å². The Morgan fingerprint density at radius 1 is 0.860 bits per heavy atom. The summed E-state index contributed by atoms with van der Waals surface area (Å²) < 4.78 is 40.8. The number of nitrogens with zero attached hydrogens (tertiary/aromatic N) is 2. The highest BCUT2D eigenvalue weighted by Gasteiger charge is 2.36. The molecule has 0 radical (unpaired) electrons. The van der Waals surface area contributed by atoms with Crippen LogP contribution in [0.1, 0.15) is 43.2 Å². The Kier molecular flexibility index (Phi) is 12.7. The van der Waals surface area contributed by atoms with Crippen molar-refractivity contribution >= 4 is 50.7 Å². The summed E-state index contributed by atoms with van der Waals surface area (Å²) in [5, 5.41) is 3.93. The quantitative estimate of drug-likeness (QED) is 0.146. The fourth-order valence-corrected chi connectivity index (χ4v) is 8.06. The fourth-order valence-electron chi connectivity index (χ4n) is 6.16. The van der Waals surface area contributed by atoms with Crippen molar-refractivity contribution in [1.29, 1.82) is 0 Å². The summed E-state index contributed by atoms with van der Waals surface area (Å²) in [6, 6.07) is 25.9. The summed E-state index contributed by atoms with van der Waals surface area (Å²) in [7, 11) is -1.47. The van der Waals surface area contributed by atoms with Crippen LogP contribution >= 0.6 is 23.2 Å². The number of hydrogen-bond donors (Lipinski definition) is 1. The zero-order valence-electron chi connectivity index (χ0n) is 28.1. The van der Waals surface area contributed by atoms with Gasteiger partial charge in [0.2, 0.25) is 11.8 Å². The number of sulfonamides is 1. The van der Waals surface area contributed by atoms with Crippen LogP contribution in [0, 0.1) is 0 Å². The second-order valence-corrected chi connectivity index (χ2v) is 14.9. The number of rotatable bonds is 14. The van der Waals surface area contributed by atoms with Gasteiger partial charge in [-0.1, -0.05) is 97.1 Å². The maximum atomic E-state index is 14.9. The molecule has 0 aliphatic heterocycles. The van der Waals surface area contributed by atoms with Crippen LogP contribution in [-0.4, -0.2) is 58.0 Å². The van der Waals surface area contributed by atoms with E-state index in [0.29, 0.717) is 21.4 Å². The third kappa shape index (κ3) is 9.10. The molecule has 1 N–H and O–H groups in total.